The molecule has 1 aromatic carbocycles. The fraction of sp³-hybridized carbons (Fsp3) is 0.348. The molecule has 0 saturated carbocycles. The Morgan fingerprint density at radius 1 is 1.06 bits per heavy atom. The van der Waals surface area contributed by atoms with Crippen molar-refractivity contribution in [2.45, 2.75) is 38.3 Å². The highest BCUT2D eigenvalue weighted by atomic mass is 16.5. The zero-order valence-corrected chi connectivity index (χ0v) is 17.8. The van der Waals surface area contributed by atoms with Crippen molar-refractivity contribution in [1.82, 2.24) is 10.3 Å². The Kier molecular flexibility index (Phi) is 11.6. The van der Waals surface area contributed by atoms with Crippen LogP contribution in [0.3, 0.4) is 0 Å². The number of hydrogen-bond acceptors (Lipinski definition) is 6. The van der Waals surface area contributed by atoms with Crippen molar-refractivity contribution in [3.8, 4) is 5.88 Å². The first-order valence-corrected chi connectivity index (χ1v) is 9.83. The molecule has 0 bridgehead atoms. The molecule has 4 N–H and O–H groups in total. The summed E-state index contributed by atoms with van der Waals surface area (Å²) in [7, 11) is 0. The molecular weight excluding hydrogens is 400 g/mol. The molecule has 0 amide bonds. The van der Waals surface area contributed by atoms with Gasteiger partial charge in [0.15, 0.2) is 0 Å². The summed E-state index contributed by atoms with van der Waals surface area (Å²) in [6.45, 7) is 5.04. The lowest BCUT2D eigenvalue weighted by Crippen LogP contribution is -2.45. The number of nitrogens with one attached hydrogen (secondary N) is 1. The van der Waals surface area contributed by atoms with Gasteiger partial charge in [0.1, 0.15) is 12.7 Å². The normalized spacial score (nSPS) is 12.0. The van der Waals surface area contributed by atoms with Crippen molar-refractivity contribution >= 4 is 11.9 Å². The molecule has 0 aliphatic carbocycles. The van der Waals surface area contributed by atoms with Crippen LogP contribution in [0.4, 0.5) is 0 Å². The maximum atomic E-state index is 10.0. The van der Waals surface area contributed by atoms with E-state index in [1.54, 1.807) is 12.3 Å². The van der Waals surface area contributed by atoms with E-state index < -0.39 is 18.0 Å². The van der Waals surface area contributed by atoms with Gasteiger partial charge in [-0.3, -0.25) is 0 Å². The Bertz CT molecular complexity index is 793. The van der Waals surface area contributed by atoms with Gasteiger partial charge in [0.25, 0.3) is 0 Å². The number of aromatic nitrogens is 1. The zero-order valence-electron chi connectivity index (χ0n) is 17.8. The van der Waals surface area contributed by atoms with E-state index in [1.807, 2.05) is 18.2 Å². The number of benzene rings is 1. The number of aryl methyl sites for hydroxylation is 1. The molecule has 2 rings (SSSR count). The second kappa shape index (κ2) is 13.9. The molecule has 1 heterocycles. The van der Waals surface area contributed by atoms with Gasteiger partial charge in [-0.25, -0.2) is 14.6 Å². The topological polar surface area (TPSA) is 129 Å². The highest BCUT2D eigenvalue weighted by Gasteiger charge is 2.18. The van der Waals surface area contributed by atoms with E-state index in [4.69, 9.17) is 14.9 Å². The predicted octanol–water partition coefficient (Wildman–Crippen LogP) is 2.53. The molecule has 31 heavy (non-hydrogen) atoms. The van der Waals surface area contributed by atoms with Gasteiger partial charge < -0.3 is 25.4 Å². The van der Waals surface area contributed by atoms with Gasteiger partial charge in [0, 0.05) is 36.5 Å². The van der Waals surface area contributed by atoms with Gasteiger partial charge in [-0.15, -0.1) is 0 Å². The molecule has 0 fully saturated rings. The Morgan fingerprint density at radius 3 is 2.23 bits per heavy atom. The molecule has 1 atom stereocenters. The third-order valence-electron chi connectivity index (χ3n) is 4.13. The second-order valence-electron chi connectivity index (χ2n) is 7.39. The lowest BCUT2D eigenvalue weighted by molar-refractivity contribution is -0.134. The molecule has 1 unspecified atom stereocenters. The third-order valence-corrected chi connectivity index (χ3v) is 4.13. The van der Waals surface area contributed by atoms with Gasteiger partial charge in [0.05, 0.1) is 0 Å². The van der Waals surface area contributed by atoms with Crippen molar-refractivity contribution in [2.75, 3.05) is 13.2 Å². The minimum Gasteiger partial charge on any atom is -0.478 e. The van der Waals surface area contributed by atoms with Crippen LogP contribution in [0.2, 0.25) is 0 Å². The van der Waals surface area contributed by atoms with Crippen LogP contribution >= 0.6 is 0 Å². The highest BCUT2D eigenvalue weighted by Crippen LogP contribution is 2.13. The van der Waals surface area contributed by atoms with E-state index >= 15 is 0 Å². The summed E-state index contributed by atoms with van der Waals surface area (Å²) in [5, 5.41) is 29.1. The average Bonchev–Trinajstić information content (AvgIpc) is 2.75. The lowest BCUT2D eigenvalue weighted by atomic mass is 9.95. The molecule has 0 saturated heterocycles. The molecule has 0 aliphatic rings. The van der Waals surface area contributed by atoms with Gasteiger partial charge in [-0.05, 0) is 38.3 Å². The number of aliphatic hydroxyl groups excluding tert-OH is 1. The Hall–Kier alpha value is -3.23. The average molecular weight is 431 g/mol. The molecular formula is C23H30N2O6. The van der Waals surface area contributed by atoms with E-state index in [9.17, 15) is 14.7 Å². The Morgan fingerprint density at radius 2 is 1.68 bits per heavy atom. The first-order valence-electron chi connectivity index (χ1n) is 9.83. The van der Waals surface area contributed by atoms with Crippen LogP contribution in [0, 0.1) is 0 Å². The van der Waals surface area contributed by atoms with Crippen LogP contribution in [-0.2, 0) is 16.0 Å². The molecule has 0 aliphatic heterocycles. The van der Waals surface area contributed by atoms with Crippen LogP contribution in [0.15, 0.2) is 66.9 Å². The fourth-order valence-electron chi connectivity index (χ4n) is 2.40. The number of carboxylic acids is 2. The maximum absolute atomic E-state index is 10.0. The van der Waals surface area contributed by atoms with Crippen LogP contribution in [0.25, 0.3) is 0 Å². The first-order chi connectivity index (χ1) is 14.7. The summed E-state index contributed by atoms with van der Waals surface area (Å²) in [5.41, 5.74) is 1.29. The molecule has 8 heteroatoms. The quantitative estimate of drug-likeness (QED) is 0.400. The SMILES string of the molecule is CC(C)(CCc1ccccc1)NCC(O)COc1ccccn1.O=C(O)C=CC(=O)O. The number of rotatable bonds is 11. The zero-order chi connectivity index (χ0) is 23.1. The molecule has 168 valence electrons. The molecule has 1 aromatic heterocycles. The van der Waals surface area contributed by atoms with Crippen molar-refractivity contribution < 1.29 is 29.6 Å². The van der Waals surface area contributed by atoms with E-state index in [0.717, 1.165) is 12.8 Å². The van der Waals surface area contributed by atoms with Gasteiger partial charge >= 0.3 is 11.9 Å². The van der Waals surface area contributed by atoms with Gasteiger partial charge in [-0.1, -0.05) is 36.4 Å². The second-order valence-corrected chi connectivity index (χ2v) is 7.39. The number of pyridine rings is 1. The number of nitrogens with zero attached hydrogens (tertiary/aromatic N) is 1. The molecule has 0 spiro atoms. The largest absolute Gasteiger partial charge is 0.478 e. The predicted molar refractivity (Wildman–Crippen MR) is 117 cm³/mol. The van der Waals surface area contributed by atoms with Crippen molar-refractivity contribution in [3.05, 3.63) is 72.4 Å². The van der Waals surface area contributed by atoms with Crippen LogP contribution < -0.4 is 10.1 Å². The molecule has 0 radical (unpaired) electrons. The minimum atomic E-state index is -1.26. The number of ether oxygens (including phenoxy) is 1. The summed E-state index contributed by atoms with van der Waals surface area (Å²) in [4.78, 5) is 23.2. The van der Waals surface area contributed by atoms with E-state index in [2.05, 4.69) is 48.4 Å². The Labute approximate surface area is 182 Å². The van der Waals surface area contributed by atoms with E-state index in [-0.39, 0.29) is 12.1 Å². The molecule has 2 aromatic rings. The van der Waals surface area contributed by atoms with Crippen molar-refractivity contribution in [2.24, 2.45) is 0 Å². The summed E-state index contributed by atoms with van der Waals surface area (Å²) in [5.74, 6) is -1.98. The van der Waals surface area contributed by atoms with Crippen LogP contribution in [0.1, 0.15) is 25.8 Å². The maximum Gasteiger partial charge on any atom is 0.328 e. The van der Waals surface area contributed by atoms with Gasteiger partial charge in [-0.2, -0.15) is 0 Å². The fourth-order valence-corrected chi connectivity index (χ4v) is 2.40. The number of carboxylic acid groups (broad SMARTS) is 2. The number of β-amino-alcohol motifs (C(OH)–C–C–N with tert-alkyl or cyclic N) is 1. The monoisotopic (exact) mass is 430 g/mol. The number of aliphatic hydroxyl groups is 1. The third kappa shape index (κ3) is 13.6. The smallest absolute Gasteiger partial charge is 0.328 e. The number of hydrogen-bond donors (Lipinski definition) is 4. The van der Waals surface area contributed by atoms with Crippen molar-refractivity contribution in [1.29, 1.82) is 0 Å². The Balaban J connectivity index is 0.000000512. The molecule has 8 nitrogen and oxygen atoms in total. The summed E-state index contributed by atoms with van der Waals surface area (Å²) >= 11 is 0. The highest BCUT2D eigenvalue weighted by molar-refractivity contribution is 5.89. The lowest BCUT2D eigenvalue weighted by Gasteiger charge is -2.28. The summed E-state index contributed by atoms with van der Waals surface area (Å²) < 4.78 is 5.46. The van der Waals surface area contributed by atoms with E-state index in [0.29, 0.717) is 24.6 Å². The van der Waals surface area contributed by atoms with Crippen molar-refractivity contribution in [3.63, 3.8) is 0 Å². The number of carbonyl (C=O) groups is 2. The number of aliphatic carboxylic acids is 2. The van der Waals surface area contributed by atoms with Gasteiger partial charge in [0.2, 0.25) is 5.88 Å². The van der Waals surface area contributed by atoms with Crippen LogP contribution in [0.5, 0.6) is 5.88 Å². The standard InChI is InChI=1S/C19H26N2O2.C4H4O4/c1-19(2,12-11-16-8-4-3-5-9-16)21-14-17(22)15-23-18-10-6-7-13-20-18;5-3(6)1-2-4(7)8/h3-10,13,17,21-22H,11-12,14-15H2,1-2H3;1-2H,(H,5,6)(H,7,8). The van der Waals surface area contributed by atoms with E-state index in [1.165, 1.54) is 5.56 Å². The summed E-state index contributed by atoms with van der Waals surface area (Å²) in [6, 6.07) is 15.9. The first kappa shape index (κ1) is 25.8. The van der Waals surface area contributed by atoms with Crippen LogP contribution in [-0.4, -0.2) is 57.0 Å². The minimum absolute atomic E-state index is 0.0399. The summed E-state index contributed by atoms with van der Waals surface area (Å²) in [6.07, 6.45) is 4.25.